The average molecular weight is 503 g/mol. The Kier molecular flexibility index (Phi) is 6.40. The van der Waals surface area contributed by atoms with E-state index in [1.807, 2.05) is 18.2 Å². The van der Waals surface area contributed by atoms with E-state index in [0.29, 0.717) is 5.82 Å². The van der Waals surface area contributed by atoms with Gasteiger partial charge in [0.15, 0.2) is 23.0 Å². The number of nitrogen functional groups attached to an aromatic ring is 2. The van der Waals surface area contributed by atoms with Crippen LogP contribution in [0.2, 0.25) is 0 Å². The molecule has 0 amide bonds. The first-order valence-corrected chi connectivity index (χ1v) is 10.4. The molecule has 3 aromatic heterocycles. The quantitative estimate of drug-likeness (QED) is 0.196. The number of carboxylic acid groups (broad SMARTS) is 1. The fourth-order valence-electron chi connectivity index (χ4n) is 3.73. The monoisotopic (exact) mass is 502 g/mol. The Morgan fingerprint density at radius 2 is 2.09 bits per heavy atom. The predicted molar refractivity (Wildman–Crippen MR) is 123 cm³/mol. The molecule has 1 aromatic carbocycles. The molecule has 182 valence electrons. The number of esters is 1. The van der Waals surface area contributed by atoms with E-state index in [2.05, 4.69) is 34.2 Å². The number of rotatable bonds is 4. The van der Waals surface area contributed by atoms with Crippen LogP contribution in [0.4, 0.5) is 11.8 Å². The fraction of sp³-hybridized carbons (Fsp3) is 0.200. The number of aromatic nitrogens is 5. The van der Waals surface area contributed by atoms with Gasteiger partial charge in [0, 0.05) is 17.7 Å². The number of halogens is 1. The first-order chi connectivity index (χ1) is 16.7. The summed E-state index contributed by atoms with van der Waals surface area (Å²) in [6, 6.07) is 7.16. The lowest BCUT2D eigenvalue weighted by Crippen LogP contribution is -2.14. The molecule has 0 fully saturated rings. The van der Waals surface area contributed by atoms with Crippen LogP contribution in [-0.2, 0) is 11.2 Å². The van der Waals surface area contributed by atoms with Crippen LogP contribution < -0.4 is 22.1 Å². The van der Waals surface area contributed by atoms with Gasteiger partial charge < -0.3 is 21.3 Å². The second-order valence-electron chi connectivity index (χ2n) is 7.40. The van der Waals surface area contributed by atoms with Crippen molar-refractivity contribution < 1.29 is 24.0 Å². The number of hydrogen-bond donors (Lipinski definition) is 5. The second kappa shape index (κ2) is 9.44. The smallest absolute Gasteiger partial charge is 0.439 e. The van der Waals surface area contributed by atoms with Crippen molar-refractivity contribution in [2.24, 2.45) is 0 Å². The lowest BCUT2D eigenvalue weighted by atomic mass is 10.0. The number of ether oxygens (including phenoxy) is 1. The van der Waals surface area contributed by atoms with Crippen LogP contribution in [-0.4, -0.2) is 48.7 Å². The molecule has 0 aliphatic heterocycles. The molecule has 0 spiro atoms. The van der Waals surface area contributed by atoms with Crippen molar-refractivity contribution in [1.29, 1.82) is 0 Å². The molecular formula is C20H19ClN8O6. The van der Waals surface area contributed by atoms with E-state index in [-0.39, 0.29) is 34.8 Å². The molecule has 5 rings (SSSR count). The summed E-state index contributed by atoms with van der Waals surface area (Å²) >= 11 is 5.67. The van der Waals surface area contributed by atoms with Gasteiger partial charge in [-0.15, -0.1) is 0 Å². The number of nitrogens with two attached hydrogens (primary N) is 2. The summed E-state index contributed by atoms with van der Waals surface area (Å²) in [6.07, 6.45) is 1.95. The number of anilines is 2. The van der Waals surface area contributed by atoms with Crippen molar-refractivity contribution in [2.45, 2.75) is 18.9 Å². The summed E-state index contributed by atoms with van der Waals surface area (Å²) < 4.78 is 10.2. The number of aryl methyl sites for hydroxylation is 1. The number of imidazole rings is 1. The Morgan fingerprint density at radius 1 is 1.31 bits per heavy atom. The summed E-state index contributed by atoms with van der Waals surface area (Å²) in [5.41, 5.74) is 13.9. The van der Waals surface area contributed by atoms with E-state index < -0.39 is 17.7 Å². The van der Waals surface area contributed by atoms with E-state index in [4.69, 9.17) is 28.4 Å². The van der Waals surface area contributed by atoms with E-state index in [1.54, 1.807) is 0 Å². The number of nitrogens with zero attached hydrogens (tertiary/aromatic N) is 4. The predicted octanol–water partition coefficient (Wildman–Crippen LogP) is 1.14. The van der Waals surface area contributed by atoms with Crippen molar-refractivity contribution in [3.8, 4) is 11.4 Å². The fourth-order valence-corrected chi connectivity index (χ4v) is 3.96. The van der Waals surface area contributed by atoms with Gasteiger partial charge in [-0.05, 0) is 41.8 Å². The number of aromatic carboxylic acids is 1. The van der Waals surface area contributed by atoms with Gasteiger partial charge in [-0.25, -0.2) is 24.2 Å². The molecule has 1 aliphatic carbocycles. The minimum atomic E-state index is -1.30. The number of fused-ring (bicyclic) bond motifs is 2. The van der Waals surface area contributed by atoms with E-state index in [9.17, 15) is 14.4 Å². The maximum atomic E-state index is 11.6. The Bertz CT molecular complexity index is 1490. The summed E-state index contributed by atoms with van der Waals surface area (Å²) in [5.74, 6) is -2.30. The van der Waals surface area contributed by atoms with E-state index >= 15 is 0 Å². The number of aromatic amines is 1. The number of carbonyl (C=O) groups excluding carboxylic acids is 1. The third kappa shape index (κ3) is 4.51. The number of nitrogens with one attached hydrogen (secondary N) is 2. The number of hydrogen-bond acceptors (Lipinski definition) is 11. The number of methoxy groups -OCH3 is 1. The highest BCUT2D eigenvalue weighted by Gasteiger charge is 2.23. The maximum absolute atomic E-state index is 11.6. The largest absolute Gasteiger partial charge is 0.477 e. The Morgan fingerprint density at radius 3 is 2.71 bits per heavy atom. The van der Waals surface area contributed by atoms with Crippen molar-refractivity contribution in [2.75, 3.05) is 18.6 Å². The molecule has 14 nitrogen and oxygen atoms in total. The molecule has 0 saturated heterocycles. The molecule has 3 heterocycles. The van der Waals surface area contributed by atoms with Gasteiger partial charge in [-0.2, -0.15) is 4.98 Å². The number of carboxylic acids is 1. The van der Waals surface area contributed by atoms with E-state index in [1.165, 1.54) is 11.1 Å². The lowest BCUT2D eigenvalue weighted by Gasteiger charge is -2.08. The first-order valence-electron chi connectivity index (χ1n) is 10.0. The van der Waals surface area contributed by atoms with Crippen LogP contribution >= 0.6 is 11.8 Å². The topological polar surface area (TPSA) is 217 Å². The maximum Gasteiger partial charge on any atom is 0.439 e. The number of H-pyrrole nitrogens is 1. The molecular weight excluding hydrogens is 484 g/mol. The zero-order valence-corrected chi connectivity index (χ0v) is 18.9. The highest BCUT2D eigenvalue weighted by atomic mass is 35.5. The SMILES string of the molecule is COC(=O)c1cc(C(=O)O)nc2c(N)nc(N)n12.O=c1[nH]c(-c2ccc3c(c2)CC[C@@H]3NCl)no1. The van der Waals surface area contributed by atoms with Crippen LogP contribution in [0.1, 0.15) is 44.6 Å². The van der Waals surface area contributed by atoms with Gasteiger partial charge in [0.2, 0.25) is 5.95 Å². The van der Waals surface area contributed by atoms with Gasteiger partial charge in [0.25, 0.3) is 0 Å². The van der Waals surface area contributed by atoms with Crippen molar-refractivity contribution in [3.05, 3.63) is 57.3 Å². The van der Waals surface area contributed by atoms with E-state index in [0.717, 1.165) is 36.0 Å². The lowest BCUT2D eigenvalue weighted by molar-refractivity contribution is 0.0592. The highest BCUT2D eigenvalue weighted by Crippen LogP contribution is 2.33. The normalized spacial score (nSPS) is 14.3. The third-order valence-electron chi connectivity index (χ3n) is 5.33. The van der Waals surface area contributed by atoms with Crippen molar-refractivity contribution in [1.82, 2.24) is 29.3 Å². The summed E-state index contributed by atoms with van der Waals surface area (Å²) in [4.78, 5) is 46.2. The van der Waals surface area contributed by atoms with Gasteiger partial charge in [0.05, 0.1) is 7.11 Å². The van der Waals surface area contributed by atoms with Crippen LogP contribution in [0.5, 0.6) is 0 Å². The van der Waals surface area contributed by atoms with Crippen LogP contribution in [0, 0.1) is 0 Å². The molecule has 0 radical (unpaired) electrons. The summed E-state index contributed by atoms with van der Waals surface area (Å²) in [5, 5.41) is 12.6. The van der Waals surface area contributed by atoms with Crippen LogP contribution in [0.25, 0.3) is 17.0 Å². The number of carbonyl (C=O) groups is 2. The molecule has 4 aromatic rings. The minimum absolute atomic E-state index is 0.00667. The number of benzene rings is 1. The molecule has 35 heavy (non-hydrogen) atoms. The Balaban J connectivity index is 0.000000165. The van der Waals surface area contributed by atoms with Gasteiger partial charge in [-0.3, -0.25) is 13.9 Å². The molecule has 1 atom stereocenters. The molecule has 1 aliphatic rings. The zero-order valence-electron chi connectivity index (χ0n) is 18.1. The average Bonchev–Trinajstić information content (AvgIpc) is 3.55. The first kappa shape index (κ1) is 23.7. The highest BCUT2D eigenvalue weighted by molar-refractivity contribution is 6.13. The molecule has 0 unspecified atom stereocenters. The van der Waals surface area contributed by atoms with Gasteiger partial charge in [-0.1, -0.05) is 17.3 Å². The van der Waals surface area contributed by atoms with Crippen molar-refractivity contribution >= 4 is 41.1 Å². The second-order valence-corrected chi connectivity index (χ2v) is 7.61. The minimum Gasteiger partial charge on any atom is -0.477 e. The van der Waals surface area contributed by atoms with Crippen molar-refractivity contribution in [3.63, 3.8) is 0 Å². The van der Waals surface area contributed by atoms with Crippen LogP contribution in [0.15, 0.2) is 33.6 Å². The standard InChI is InChI=1S/C11H10ClN3O2.C9H9N5O4/c12-14-9-4-2-6-5-7(1-3-8(6)9)10-13-11(16)17-15-10;1-18-8(17)4-2-3(7(15)16)12-6-5(10)13-9(11)14(4)6/h1,3,5,9,14H,2,4H2,(H,13,15,16);2H,10H2,1H3,(H2,11,13)(H,15,16)/t9-;/m0./s1. The Labute approximate surface area is 201 Å². The summed E-state index contributed by atoms with van der Waals surface area (Å²) in [6.45, 7) is 0. The van der Waals surface area contributed by atoms with Gasteiger partial charge >= 0.3 is 17.7 Å². The van der Waals surface area contributed by atoms with Gasteiger partial charge in [0.1, 0.15) is 5.69 Å². The third-order valence-corrected chi connectivity index (χ3v) is 5.59. The molecule has 7 N–H and O–H groups in total. The molecule has 0 bridgehead atoms. The summed E-state index contributed by atoms with van der Waals surface area (Å²) in [7, 11) is 1.16. The van der Waals surface area contributed by atoms with Crippen LogP contribution in [0.3, 0.4) is 0 Å². The Hall–Kier alpha value is -4.43. The zero-order chi connectivity index (χ0) is 25.3. The molecule has 0 saturated carbocycles. The molecule has 15 heteroatoms.